The van der Waals surface area contributed by atoms with Gasteiger partial charge in [0.1, 0.15) is 0 Å². The molecule has 0 saturated heterocycles. The lowest BCUT2D eigenvalue weighted by Crippen LogP contribution is -2.36. The second-order valence-corrected chi connectivity index (χ2v) is 4.17. The van der Waals surface area contributed by atoms with Crippen molar-refractivity contribution in [3.63, 3.8) is 0 Å². The van der Waals surface area contributed by atoms with Gasteiger partial charge >= 0.3 is 0 Å². The summed E-state index contributed by atoms with van der Waals surface area (Å²) < 4.78 is 0. The monoisotopic (exact) mass is 206 g/mol. The topological polar surface area (TPSA) is 45.1 Å². The Morgan fingerprint density at radius 3 is 3.07 bits per heavy atom. The molecule has 82 valence electrons. The molecule has 1 fully saturated rings. The van der Waals surface area contributed by atoms with E-state index >= 15 is 0 Å². The van der Waals surface area contributed by atoms with Gasteiger partial charge in [-0.3, -0.25) is 4.98 Å². The maximum atomic E-state index is 9.61. The molecule has 0 bridgehead atoms. The lowest BCUT2D eigenvalue weighted by atomic mass is 10.2. The van der Waals surface area contributed by atoms with E-state index in [-0.39, 0.29) is 6.10 Å². The number of pyridine rings is 1. The molecule has 1 heterocycles. The lowest BCUT2D eigenvalue weighted by molar-refractivity contribution is 0.149. The van der Waals surface area contributed by atoms with E-state index in [4.69, 9.17) is 0 Å². The molecule has 3 nitrogen and oxygen atoms in total. The van der Waals surface area contributed by atoms with E-state index in [1.165, 1.54) is 5.56 Å². The Labute approximate surface area is 90.5 Å². The summed E-state index contributed by atoms with van der Waals surface area (Å²) in [6.45, 7) is 0.924. The van der Waals surface area contributed by atoms with Crippen molar-refractivity contribution in [2.75, 3.05) is 6.54 Å². The molecule has 0 radical (unpaired) electrons. The molecule has 1 aromatic heterocycles. The molecule has 0 amide bonds. The Hall–Kier alpha value is -0.930. The van der Waals surface area contributed by atoms with Gasteiger partial charge < -0.3 is 10.4 Å². The zero-order chi connectivity index (χ0) is 10.5. The summed E-state index contributed by atoms with van der Waals surface area (Å²) in [6.07, 6.45) is 7.73. The molecule has 2 N–H and O–H groups in total. The second-order valence-electron chi connectivity index (χ2n) is 4.17. The summed E-state index contributed by atoms with van der Waals surface area (Å²) in [4.78, 5) is 4.07. The van der Waals surface area contributed by atoms with Gasteiger partial charge in [0.25, 0.3) is 0 Å². The normalized spacial score (nSPS) is 25.7. The highest BCUT2D eigenvalue weighted by molar-refractivity contribution is 5.08. The minimum absolute atomic E-state index is 0.140. The first kappa shape index (κ1) is 10.6. The van der Waals surface area contributed by atoms with Gasteiger partial charge in [-0.15, -0.1) is 0 Å². The Bertz CT molecular complexity index is 289. The van der Waals surface area contributed by atoms with E-state index in [1.54, 1.807) is 6.20 Å². The fraction of sp³-hybridized carbons (Fsp3) is 0.583. The molecule has 15 heavy (non-hydrogen) atoms. The molecular weight excluding hydrogens is 188 g/mol. The van der Waals surface area contributed by atoms with E-state index in [2.05, 4.69) is 16.4 Å². The fourth-order valence-corrected chi connectivity index (χ4v) is 2.13. The predicted molar refractivity (Wildman–Crippen MR) is 59.6 cm³/mol. The maximum Gasteiger partial charge on any atom is 0.0693 e. The van der Waals surface area contributed by atoms with Crippen molar-refractivity contribution in [1.82, 2.24) is 10.3 Å². The number of hydrogen-bond donors (Lipinski definition) is 2. The van der Waals surface area contributed by atoms with Crippen LogP contribution < -0.4 is 5.32 Å². The van der Waals surface area contributed by atoms with Crippen molar-refractivity contribution in [2.24, 2.45) is 0 Å². The molecule has 0 aliphatic heterocycles. The highest BCUT2D eigenvalue weighted by Gasteiger charge is 2.23. The molecule has 3 heteroatoms. The summed E-state index contributed by atoms with van der Waals surface area (Å²) in [6, 6.07) is 4.35. The highest BCUT2D eigenvalue weighted by atomic mass is 16.3. The standard InChI is InChI=1S/C12H18N2O/c15-12-5-1-4-11(12)14-8-6-10-3-2-7-13-9-10/h2-3,7,9,11-12,14-15H,1,4-6,8H2/t11-,12-/m0/s1. The minimum Gasteiger partial charge on any atom is -0.392 e. The van der Waals surface area contributed by atoms with Crippen LogP contribution in [0.4, 0.5) is 0 Å². The summed E-state index contributed by atoms with van der Waals surface area (Å²) in [5.74, 6) is 0. The number of hydrogen-bond acceptors (Lipinski definition) is 3. The van der Waals surface area contributed by atoms with Crippen molar-refractivity contribution in [3.8, 4) is 0 Å². The molecule has 2 atom stereocenters. The zero-order valence-electron chi connectivity index (χ0n) is 8.89. The molecule has 0 unspecified atom stereocenters. The van der Waals surface area contributed by atoms with E-state index < -0.39 is 0 Å². The molecule has 1 aliphatic carbocycles. The second kappa shape index (κ2) is 5.24. The molecule has 0 spiro atoms. The van der Waals surface area contributed by atoms with Gasteiger partial charge in [-0.2, -0.15) is 0 Å². The smallest absolute Gasteiger partial charge is 0.0693 e. The Morgan fingerprint density at radius 2 is 2.40 bits per heavy atom. The summed E-state index contributed by atoms with van der Waals surface area (Å²) in [5.41, 5.74) is 1.25. The summed E-state index contributed by atoms with van der Waals surface area (Å²) in [5, 5.41) is 13.0. The Balaban J connectivity index is 1.71. The van der Waals surface area contributed by atoms with Gasteiger partial charge in [0.15, 0.2) is 0 Å². The van der Waals surface area contributed by atoms with E-state index in [1.807, 2.05) is 12.3 Å². The highest BCUT2D eigenvalue weighted by Crippen LogP contribution is 2.18. The van der Waals surface area contributed by atoms with Crippen LogP contribution in [0.25, 0.3) is 0 Å². The van der Waals surface area contributed by atoms with Crippen LogP contribution in [0.15, 0.2) is 24.5 Å². The van der Waals surface area contributed by atoms with E-state index in [0.29, 0.717) is 6.04 Å². The fourth-order valence-electron chi connectivity index (χ4n) is 2.13. The van der Waals surface area contributed by atoms with Gasteiger partial charge in [0, 0.05) is 18.4 Å². The molecular formula is C12H18N2O. The van der Waals surface area contributed by atoms with Gasteiger partial charge in [-0.05, 0) is 43.9 Å². The number of nitrogens with zero attached hydrogens (tertiary/aromatic N) is 1. The Morgan fingerprint density at radius 1 is 1.47 bits per heavy atom. The van der Waals surface area contributed by atoms with Gasteiger partial charge in [0.05, 0.1) is 6.10 Å². The van der Waals surface area contributed by atoms with Crippen molar-refractivity contribution in [2.45, 2.75) is 37.8 Å². The summed E-state index contributed by atoms with van der Waals surface area (Å²) >= 11 is 0. The van der Waals surface area contributed by atoms with Crippen LogP contribution in [-0.2, 0) is 6.42 Å². The zero-order valence-corrected chi connectivity index (χ0v) is 8.89. The number of rotatable bonds is 4. The first-order valence-electron chi connectivity index (χ1n) is 5.66. The van der Waals surface area contributed by atoms with Crippen LogP contribution in [-0.4, -0.2) is 28.8 Å². The van der Waals surface area contributed by atoms with Crippen molar-refractivity contribution < 1.29 is 5.11 Å². The third kappa shape index (κ3) is 3.01. The molecule has 2 rings (SSSR count). The number of aliphatic hydroxyl groups excluding tert-OH is 1. The minimum atomic E-state index is -0.140. The quantitative estimate of drug-likeness (QED) is 0.776. The lowest BCUT2D eigenvalue weighted by Gasteiger charge is -2.16. The maximum absolute atomic E-state index is 9.61. The predicted octanol–water partition coefficient (Wildman–Crippen LogP) is 1.13. The molecule has 0 aromatic carbocycles. The van der Waals surface area contributed by atoms with Crippen molar-refractivity contribution >= 4 is 0 Å². The molecule has 1 aliphatic rings. The summed E-state index contributed by atoms with van der Waals surface area (Å²) in [7, 11) is 0. The van der Waals surface area contributed by atoms with Crippen LogP contribution in [0.5, 0.6) is 0 Å². The van der Waals surface area contributed by atoms with Crippen molar-refractivity contribution in [1.29, 1.82) is 0 Å². The Kier molecular flexibility index (Phi) is 3.69. The number of aliphatic hydroxyl groups is 1. The number of aromatic nitrogens is 1. The van der Waals surface area contributed by atoms with Crippen LogP contribution >= 0.6 is 0 Å². The molecule has 1 saturated carbocycles. The van der Waals surface area contributed by atoms with Crippen LogP contribution in [0.1, 0.15) is 24.8 Å². The molecule has 1 aromatic rings. The average Bonchev–Trinajstić information content (AvgIpc) is 2.66. The third-order valence-corrected chi connectivity index (χ3v) is 3.02. The largest absolute Gasteiger partial charge is 0.392 e. The van der Waals surface area contributed by atoms with E-state index in [0.717, 1.165) is 32.2 Å². The first-order chi connectivity index (χ1) is 7.36. The average molecular weight is 206 g/mol. The third-order valence-electron chi connectivity index (χ3n) is 3.02. The van der Waals surface area contributed by atoms with Crippen LogP contribution in [0, 0.1) is 0 Å². The van der Waals surface area contributed by atoms with Crippen LogP contribution in [0.3, 0.4) is 0 Å². The SMILES string of the molecule is O[C@H]1CCC[C@@H]1NCCc1cccnc1. The van der Waals surface area contributed by atoms with Gasteiger partial charge in [0.2, 0.25) is 0 Å². The van der Waals surface area contributed by atoms with Crippen LogP contribution in [0.2, 0.25) is 0 Å². The van der Waals surface area contributed by atoms with Gasteiger partial charge in [-0.25, -0.2) is 0 Å². The first-order valence-corrected chi connectivity index (χ1v) is 5.66. The van der Waals surface area contributed by atoms with E-state index in [9.17, 15) is 5.11 Å². The number of nitrogens with one attached hydrogen (secondary N) is 1. The van der Waals surface area contributed by atoms with Gasteiger partial charge in [-0.1, -0.05) is 6.07 Å². The van der Waals surface area contributed by atoms with Crippen molar-refractivity contribution in [3.05, 3.63) is 30.1 Å².